The Bertz CT molecular complexity index is 1470. The van der Waals surface area contributed by atoms with Crippen LogP contribution in [0.3, 0.4) is 0 Å². The summed E-state index contributed by atoms with van der Waals surface area (Å²) in [6, 6.07) is 21.3. The van der Waals surface area contributed by atoms with E-state index in [0.717, 1.165) is 5.56 Å². The van der Waals surface area contributed by atoms with E-state index in [-0.39, 0.29) is 16.1 Å². The fraction of sp³-hybridized carbons (Fsp3) is 0.0417. The summed E-state index contributed by atoms with van der Waals surface area (Å²) in [4.78, 5) is 17.4. The van der Waals surface area contributed by atoms with E-state index in [1.165, 1.54) is 42.7 Å². The molecule has 0 spiro atoms. The van der Waals surface area contributed by atoms with Gasteiger partial charge in [0.05, 0.1) is 40.6 Å². The van der Waals surface area contributed by atoms with Crippen molar-refractivity contribution in [3.05, 3.63) is 89.3 Å². The van der Waals surface area contributed by atoms with Gasteiger partial charge in [0, 0.05) is 10.9 Å². The molecule has 0 aliphatic rings. The monoisotopic (exact) mass is 490 g/mol. The molecule has 1 aromatic heterocycles. The van der Waals surface area contributed by atoms with Gasteiger partial charge in [-0.25, -0.2) is 13.4 Å². The van der Waals surface area contributed by atoms with Crippen molar-refractivity contribution in [2.45, 2.75) is 4.90 Å². The van der Waals surface area contributed by atoms with Crippen molar-refractivity contribution in [1.29, 1.82) is 5.26 Å². The van der Waals surface area contributed by atoms with Gasteiger partial charge in [0.25, 0.3) is 15.9 Å². The van der Waals surface area contributed by atoms with Crippen LogP contribution >= 0.6 is 11.3 Å². The number of nitrogens with one attached hydrogen (secondary N) is 2. The lowest BCUT2D eigenvalue weighted by atomic mass is 10.1. The molecule has 8 nitrogen and oxygen atoms in total. The SMILES string of the molecule is COc1ccc(S(=O)(=O)Nc2ccccc2C(=O)Nc2nc(-c3ccc(C#N)cc3)cs2)cc1. The number of methoxy groups -OCH3 is 1. The summed E-state index contributed by atoms with van der Waals surface area (Å²) in [5, 5.41) is 13.8. The maximum absolute atomic E-state index is 12.9. The molecule has 1 amide bonds. The van der Waals surface area contributed by atoms with Gasteiger partial charge in [-0.05, 0) is 48.5 Å². The first-order chi connectivity index (χ1) is 16.4. The summed E-state index contributed by atoms with van der Waals surface area (Å²) in [6.07, 6.45) is 0. The lowest BCUT2D eigenvalue weighted by Crippen LogP contribution is -2.18. The number of anilines is 2. The molecule has 3 aromatic carbocycles. The number of rotatable bonds is 7. The zero-order valence-electron chi connectivity index (χ0n) is 17.8. The molecule has 10 heteroatoms. The zero-order chi connectivity index (χ0) is 24.1. The number of hydrogen-bond acceptors (Lipinski definition) is 7. The molecule has 2 N–H and O–H groups in total. The summed E-state index contributed by atoms with van der Waals surface area (Å²) in [6.45, 7) is 0. The van der Waals surface area contributed by atoms with Crippen LogP contribution in [0.15, 0.2) is 83.1 Å². The van der Waals surface area contributed by atoms with E-state index in [0.29, 0.717) is 22.1 Å². The van der Waals surface area contributed by atoms with E-state index in [1.54, 1.807) is 53.9 Å². The lowest BCUT2D eigenvalue weighted by Gasteiger charge is -2.12. The first-order valence-corrected chi connectivity index (χ1v) is 12.3. The molecule has 0 fully saturated rings. The number of carbonyl (C=O) groups excluding carboxylic acids is 1. The Kier molecular flexibility index (Phi) is 6.58. The fourth-order valence-corrected chi connectivity index (χ4v) is 4.87. The molecule has 170 valence electrons. The third-order valence-electron chi connectivity index (χ3n) is 4.82. The van der Waals surface area contributed by atoms with Crippen LogP contribution in [0.25, 0.3) is 11.3 Å². The van der Waals surface area contributed by atoms with Gasteiger partial charge in [-0.15, -0.1) is 11.3 Å². The number of para-hydroxylation sites is 1. The topological polar surface area (TPSA) is 121 Å². The Morgan fingerprint density at radius 3 is 2.41 bits per heavy atom. The summed E-state index contributed by atoms with van der Waals surface area (Å²) in [5.74, 6) is 0.0244. The number of hydrogen-bond donors (Lipinski definition) is 2. The van der Waals surface area contributed by atoms with Crippen LogP contribution < -0.4 is 14.8 Å². The van der Waals surface area contributed by atoms with E-state index in [1.807, 2.05) is 0 Å². The van der Waals surface area contributed by atoms with E-state index in [9.17, 15) is 13.2 Å². The van der Waals surface area contributed by atoms with Crippen molar-refractivity contribution in [3.8, 4) is 23.1 Å². The predicted octanol–water partition coefficient (Wildman–Crippen LogP) is 4.74. The van der Waals surface area contributed by atoms with Gasteiger partial charge in [0.15, 0.2) is 5.13 Å². The van der Waals surface area contributed by atoms with Gasteiger partial charge < -0.3 is 4.74 Å². The molecule has 1 heterocycles. The molecule has 4 rings (SSSR count). The van der Waals surface area contributed by atoms with Crippen molar-refractivity contribution in [2.24, 2.45) is 0 Å². The molecule has 4 aromatic rings. The van der Waals surface area contributed by atoms with Crippen LogP contribution in [-0.4, -0.2) is 26.4 Å². The molecule has 34 heavy (non-hydrogen) atoms. The molecular weight excluding hydrogens is 472 g/mol. The Hall–Kier alpha value is -4.20. The molecule has 0 radical (unpaired) electrons. The lowest BCUT2D eigenvalue weighted by molar-refractivity contribution is 0.102. The van der Waals surface area contributed by atoms with Crippen molar-refractivity contribution in [1.82, 2.24) is 4.98 Å². The minimum atomic E-state index is -3.93. The first-order valence-electron chi connectivity index (χ1n) is 9.93. The molecule has 0 aliphatic carbocycles. The number of carbonyl (C=O) groups is 1. The summed E-state index contributed by atoms with van der Waals surface area (Å²) in [7, 11) is -2.43. The van der Waals surface area contributed by atoms with Crippen LogP contribution in [-0.2, 0) is 10.0 Å². The van der Waals surface area contributed by atoms with Crippen LogP contribution in [0.5, 0.6) is 5.75 Å². The average Bonchev–Trinajstić information content (AvgIpc) is 3.32. The van der Waals surface area contributed by atoms with Gasteiger partial charge in [-0.1, -0.05) is 24.3 Å². The summed E-state index contributed by atoms with van der Waals surface area (Å²) >= 11 is 1.24. The number of thiazole rings is 1. The third-order valence-corrected chi connectivity index (χ3v) is 6.96. The van der Waals surface area contributed by atoms with Gasteiger partial charge in [0.1, 0.15) is 5.75 Å². The highest BCUT2D eigenvalue weighted by Gasteiger charge is 2.19. The van der Waals surface area contributed by atoms with Crippen molar-refractivity contribution in [3.63, 3.8) is 0 Å². The fourth-order valence-electron chi connectivity index (χ4n) is 3.07. The van der Waals surface area contributed by atoms with Gasteiger partial charge >= 0.3 is 0 Å². The van der Waals surface area contributed by atoms with Gasteiger partial charge in [0.2, 0.25) is 0 Å². The Morgan fingerprint density at radius 1 is 1.03 bits per heavy atom. The third kappa shape index (κ3) is 5.06. The second-order valence-corrected chi connectivity index (χ2v) is 9.55. The molecule has 0 atom stereocenters. The molecule has 0 bridgehead atoms. The van der Waals surface area contributed by atoms with Crippen molar-refractivity contribution < 1.29 is 17.9 Å². The number of nitriles is 1. The van der Waals surface area contributed by atoms with Crippen molar-refractivity contribution in [2.75, 3.05) is 17.1 Å². The van der Waals surface area contributed by atoms with E-state index in [2.05, 4.69) is 21.1 Å². The Morgan fingerprint density at radius 2 is 1.74 bits per heavy atom. The minimum Gasteiger partial charge on any atom is -0.497 e. The van der Waals surface area contributed by atoms with Crippen LogP contribution in [0.1, 0.15) is 15.9 Å². The van der Waals surface area contributed by atoms with Crippen LogP contribution in [0.2, 0.25) is 0 Å². The average molecular weight is 491 g/mol. The molecule has 0 aliphatic heterocycles. The van der Waals surface area contributed by atoms with Crippen molar-refractivity contribution >= 4 is 38.1 Å². The Labute approximate surface area is 200 Å². The quantitative estimate of drug-likeness (QED) is 0.386. The zero-order valence-corrected chi connectivity index (χ0v) is 19.5. The second-order valence-electron chi connectivity index (χ2n) is 7.01. The smallest absolute Gasteiger partial charge is 0.261 e. The highest BCUT2D eigenvalue weighted by molar-refractivity contribution is 7.92. The van der Waals surface area contributed by atoms with E-state index >= 15 is 0 Å². The number of nitrogens with zero attached hydrogens (tertiary/aromatic N) is 2. The van der Waals surface area contributed by atoms with Crippen LogP contribution in [0, 0.1) is 11.3 Å². The summed E-state index contributed by atoms with van der Waals surface area (Å²) < 4.78 is 33.2. The highest BCUT2D eigenvalue weighted by atomic mass is 32.2. The molecule has 0 saturated carbocycles. The Balaban J connectivity index is 1.52. The maximum Gasteiger partial charge on any atom is 0.261 e. The molecular formula is C24H18N4O4S2. The highest BCUT2D eigenvalue weighted by Crippen LogP contribution is 2.27. The van der Waals surface area contributed by atoms with Gasteiger partial charge in [-0.3, -0.25) is 14.8 Å². The molecule has 0 saturated heterocycles. The molecule has 0 unspecified atom stereocenters. The van der Waals surface area contributed by atoms with E-state index in [4.69, 9.17) is 10.00 Å². The van der Waals surface area contributed by atoms with Gasteiger partial charge in [-0.2, -0.15) is 5.26 Å². The van der Waals surface area contributed by atoms with E-state index < -0.39 is 15.9 Å². The number of ether oxygens (including phenoxy) is 1. The minimum absolute atomic E-state index is 0.0375. The standard InChI is InChI=1S/C24H18N4O4S2/c1-32-18-10-12-19(13-11-18)34(30,31)28-21-5-3-2-4-20(21)23(29)27-24-26-22(15-33-24)17-8-6-16(14-25)7-9-17/h2-13,15,28H,1H3,(H,26,27,29). The first kappa shape index (κ1) is 23.0. The normalized spacial score (nSPS) is 10.8. The predicted molar refractivity (Wildman–Crippen MR) is 130 cm³/mol. The largest absolute Gasteiger partial charge is 0.497 e. The summed E-state index contributed by atoms with van der Waals surface area (Å²) in [5.41, 5.74) is 2.29. The number of benzene rings is 3. The number of sulfonamides is 1. The van der Waals surface area contributed by atoms with Crippen LogP contribution in [0.4, 0.5) is 10.8 Å². The number of aromatic nitrogens is 1. The second kappa shape index (κ2) is 9.74. The maximum atomic E-state index is 12.9. The number of amides is 1.